The molecule has 0 aromatic heterocycles. The third kappa shape index (κ3) is 4.03. The summed E-state index contributed by atoms with van der Waals surface area (Å²) in [6.45, 7) is 2.28. The van der Waals surface area contributed by atoms with Crippen LogP contribution < -0.4 is 5.32 Å². The number of nitro benzene ring substituents is 1. The highest BCUT2D eigenvalue weighted by Gasteiger charge is 2.03. The highest BCUT2D eigenvalue weighted by atomic mass is 19.1. The number of alkyl halides is 1. The molecule has 0 aliphatic heterocycles. The summed E-state index contributed by atoms with van der Waals surface area (Å²) in [4.78, 5) is 9.91. The van der Waals surface area contributed by atoms with E-state index >= 15 is 0 Å². The van der Waals surface area contributed by atoms with Gasteiger partial charge in [-0.05, 0) is 12.5 Å². The Morgan fingerprint density at radius 3 is 2.53 bits per heavy atom. The molecule has 0 heterocycles. The lowest BCUT2D eigenvalue weighted by Gasteiger charge is -2.04. The van der Waals surface area contributed by atoms with Crippen molar-refractivity contribution in [2.45, 2.75) is 19.6 Å². The Hall–Kier alpha value is -1.49. The van der Waals surface area contributed by atoms with E-state index in [1.807, 2.05) is 0 Å². The molecule has 1 atom stereocenters. The highest BCUT2D eigenvalue weighted by molar-refractivity contribution is 5.32. The summed E-state index contributed by atoms with van der Waals surface area (Å²) >= 11 is 0. The van der Waals surface area contributed by atoms with Crippen LogP contribution in [0.1, 0.15) is 12.5 Å². The van der Waals surface area contributed by atoms with E-state index in [2.05, 4.69) is 5.32 Å². The van der Waals surface area contributed by atoms with E-state index in [1.165, 1.54) is 19.1 Å². The average molecular weight is 212 g/mol. The number of benzene rings is 1. The van der Waals surface area contributed by atoms with Gasteiger partial charge >= 0.3 is 0 Å². The minimum Gasteiger partial charge on any atom is -0.310 e. The second-order valence-corrected chi connectivity index (χ2v) is 3.34. The van der Waals surface area contributed by atoms with Gasteiger partial charge in [-0.2, -0.15) is 0 Å². The van der Waals surface area contributed by atoms with Crippen LogP contribution in [0.5, 0.6) is 0 Å². The van der Waals surface area contributed by atoms with E-state index in [9.17, 15) is 14.5 Å². The van der Waals surface area contributed by atoms with E-state index in [0.717, 1.165) is 5.56 Å². The largest absolute Gasteiger partial charge is 0.310 e. The van der Waals surface area contributed by atoms with Crippen molar-refractivity contribution in [3.63, 3.8) is 0 Å². The molecule has 0 amide bonds. The first-order valence-corrected chi connectivity index (χ1v) is 4.67. The van der Waals surface area contributed by atoms with Crippen molar-refractivity contribution >= 4 is 5.69 Å². The van der Waals surface area contributed by atoms with Gasteiger partial charge in [-0.3, -0.25) is 10.1 Å². The third-order valence-corrected chi connectivity index (χ3v) is 1.90. The van der Waals surface area contributed by atoms with Crippen LogP contribution in [-0.4, -0.2) is 17.6 Å². The number of hydrogen-bond donors (Lipinski definition) is 1. The molecule has 0 aliphatic carbocycles. The first-order chi connectivity index (χ1) is 7.09. The summed E-state index contributed by atoms with van der Waals surface area (Å²) in [6.07, 6.45) is -0.886. The van der Waals surface area contributed by atoms with Gasteiger partial charge in [0.1, 0.15) is 6.17 Å². The molecule has 15 heavy (non-hydrogen) atoms. The molecule has 4 nitrogen and oxygen atoms in total. The van der Waals surface area contributed by atoms with Crippen molar-refractivity contribution in [3.8, 4) is 0 Å². The summed E-state index contributed by atoms with van der Waals surface area (Å²) in [5, 5.41) is 13.3. The third-order valence-electron chi connectivity index (χ3n) is 1.90. The quantitative estimate of drug-likeness (QED) is 0.600. The fourth-order valence-corrected chi connectivity index (χ4v) is 1.15. The minimum atomic E-state index is -0.886. The molecular weight excluding hydrogens is 199 g/mol. The molecule has 5 heteroatoms. The van der Waals surface area contributed by atoms with Gasteiger partial charge in [-0.1, -0.05) is 12.1 Å². The van der Waals surface area contributed by atoms with Crippen LogP contribution >= 0.6 is 0 Å². The van der Waals surface area contributed by atoms with Crippen molar-refractivity contribution in [1.82, 2.24) is 5.32 Å². The van der Waals surface area contributed by atoms with Crippen molar-refractivity contribution in [3.05, 3.63) is 39.9 Å². The van der Waals surface area contributed by atoms with Crippen molar-refractivity contribution in [2.24, 2.45) is 0 Å². The summed E-state index contributed by atoms with van der Waals surface area (Å²) < 4.78 is 12.4. The van der Waals surface area contributed by atoms with E-state index in [1.54, 1.807) is 12.1 Å². The normalized spacial score (nSPS) is 12.4. The Labute approximate surface area is 87.3 Å². The van der Waals surface area contributed by atoms with Crippen LogP contribution in [0, 0.1) is 10.1 Å². The predicted octanol–water partition coefficient (Wildman–Crippen LogP) is 2.04. The highest BCUT2D eigenvalue weighted by Crippen LogP contribution is 2.11. The number of halogens is 1. The zero-order chi connectivity index (χ0) is 11.3. The lowest BCUT2D eigenvalue weighted by atomic mass is 10.2. The van der Waals surface area contributed by atoms with E-state index in [4.69, 9.17) is 0 Å². The van der Waals surface area contributed by atoms with Crippen molar-refractivity contribution < 1.29 is 9.31 Å². The first-order valence-electron chi connectivity index (χ1n) is 4.67. The lowest BCUT2D eigenvalue weighted by molar-refractivity contribution is -0.384. The Morgan fingerprint density at radius 2 is 2.07 bits per heavy atom. The predicted molar refractivity (Wildman–Crippen MR) is 55.4 cm³/mol. The van der Waals surface area contributed by atoms with Gasteiger partial charge in [0.05, 0.1) is 4.92 Å². The number of nitro groups is 1. The zero-order valence-electron chi connectivity index (χ0n) is 8.44. The second kappa shape index (κ2) is 5.41. The van der Waals surface area contributed by atoms with Gasteiger partial charge in [-0.25, -0.2) is 4.39 Å². The number of nitrogens with zero attached hydrogens (tertiary/aromatic N) is 1. The van der Waals surface area contributed by atoms with E-state index in [0.29, 0.717) is 6.54 Å². The molecule has 0 bridgehead atoms. The molecule has 0 aliphatic rings. The van der Waals surface area contributed by atoms with Crippen LogP contribution in [0.15, 0.2) is 24.3 Å². The number of nitrogens with one attached hydrogen (secondary N) is 1. The molecule has 82 valence electrons. The second-order valence-electron chi connectivity index (χ2n) is 3.34. The summed E-state index contributed by atoms with van der Waals surface area (Å²) in [7, 11) is 0. The molecule has 0 saturated carbocycles. The Morgan fingerprint density at radius 1 is 1.47 bits per heavy atom. The van der Waals surface area contributed by atoms with Gasteiger partial charge < -0.3 is 5.32 Å². The van der Waals surface area contributed by atoms with Crippen LogP contribution in [0.3, 0.4) is 0 Å². The molecular formula is C10H13FN2O2. The van der Waals surface area contributed by atoms with Gasteiger partial charge in [0.25, 0.3) is 5.69 Å². The van der Waals surface area contributed by atoms with E-state index in [-0.39, 0.29) is 12.2 Å². The smallest absolute Gasteiger partial charge is 0.269 e. The van der Waals surface area contributed by atoms with Crippen LogP contribution in [0.25, 0.3) is 0 Å². The average Bonchev–Trinajstić information content (AvgIpc) is 2.18. The number of hydrogen-bond acceptors (Lipinski definition) is 3. The molecule has 0 saturated heterocycles. The molecule has 1 unspecified atom stereocenters. The fourth-order valence-electron chi connectivity index (χ4n) is 1.15. The molecule has 0 spiro atoms. The van der Waals surface area contributed by atoms with Gasteiger partial charge in [-0.15, -0.1) is 0 Å². The lowest BCUT2D eigenvalue weighted by Crippen LogP contribution is -2.21. The molecule has 1 rings (SSSR count). The first kappa shape index (κ1) is 11.6. The Bertz CT molecular complexity index is 325. The number of rotatable bonds is 5. The maximum absolute atomic E-state index is 12.4. The monoisotopic (exact) mass is 212 g/mol. The van der Waals surface area contributed by atoms with Crippen LogP contribution in [-0.2, 0) is 6.54 Å². The SMILES string of the molecule is CC(F)CNCc1ccc([N+](=O)[O-])cc1. The van der Waals surface area contributed by atoms with Gasteiger partial charge in [0.15, 0.2) is 0 Å². The van der Waals surface area contributed by atoms with E-state index < -0.39 is 11.1 Å². The van der Waals surface area contributed by atoms with Crippen LogP contribution in [0.4, 0.5) is 10.1 Å². The fraction of sp³-hybridized carbons (Fsp3) is 0.400. The molecule has 0 fully saturated rings. The number of non-ortho nitro benzene ring substituents is 1. The maximum atomic E-state index is 12.4. The Balaban J connectivity index is 2.46. The standard InChI is InChI=1S/C10H13FN2O2/c1-8(11)6-12-7-9-2-4-10(5-3-9)13(14)15/h2-5,8,12H,6-7H2,1H3. The summed E-state index contributed by atoms with van der Waals surface area (Å²) in [6, 6.07) is 6.20. The zero-order valence-corrected chi connectivity index (χ0v) is 8.44. The van der Waals surface area contributed by atoms with Gasteiger partial charge in [0, 0.05) is 25.2 Å². The molecule has 0 radical (unpaired) electrons. The van der Waals surface area contributed by atoms with Crippen molar-refractivity contribution in [2.75, 3.05) is 6.54 Å². The molecule has 1 N–H and O–H groups in total. The Kier molecular flexibility index (Phi) is 4.17. The topological polar surface area (TPSA) is 55.2 Å². The summed E-state index contributed by atoms with van der Waals surface area (Å²) in [5.41, 5.74) is 0.971. The maximum Gasteiger partial charge on any atom is 0.269 e. The van der Waals surface area contributed by atoms with Crippen LogP contribution in [0.2, 0.25) is 0 Å². The van der Waals surface area contributed by atoms with Gasteiger partial charge in [0.2, 0.25) is 0 Å². The van der Waals surface area contributed by atoms with Crippen molar-refractivity contribution in [1.29, 1.82) is 0 Å². The molecule has 1 aromatic carbocycles. The summed E-state index contributed by atoms with van der Waals surface area (Å²) in [5.74, 6) is 0. The molecule has 1 aromatic rings. The minimum absolute atomic E-state index is 0.0672.